The quantitative estimate of drug-likeness (QED) is 0.850. The molecule has 1 atom stereocenters. The van der Waals surface area contributed by atoms with E-state index in [0.717, 1.165) is 17.0 Å². The zero-order chi connectivity index (χ0) is 14.2. The zero-order valence-electron chi connectivity index (χ0n) is 9.67. The number of aliphatic carboxylic acids is 1. The van der Waals surface area contributed by atoms with E-state index in [1.807, 2.05) is 0 Å². The summed E-state index contributed by atoms with van der Waals surface area (Å²) in [5, 5.41) is 17.9. The highest BCUT2D eigenvalue weighted by atomic mass is 19.1. The van der Waals surface area contributed by atoms with E-state index in [4.69, 9.17) is 10.2 Å². The summed E-state index contributed by atoms with van der Waals surface area (Å²) in [5.41, 5.74) is -0.345. The Morgan fingerprint density at radius 2 is 2.00 bits per heavy atom. The molecule has 1 amide bonds. The van der Waals surface area contributed by atoms with Crippen molar-refractivity contribution >= 4 is 23.5 Å². The van der Waals surface area contributed by atoms with Gasteiger partial charge in [0.15, 0.2) is 0 Å². The summed E-state index contributed by atoms with van der Waals surface area (Å²) in [7, 11) is 0. The second kappa shape index (κ2) is 4.68. The van der Waals surface area contributed by atoms with Crippen molar-refractivity contribution in [2.45, 2.75) is 6.42 Å². The van der Waals surface area contributed by atoms with E-state index >= 15 is 0 Å². The Kier molecular flexibility index (Phi) is 3.20. The molecule has 1 aromatic rings. The Bertz CT molecular complexity index is 571. The molecule has 1 aliphatic heterocycles. The van der Waals surface area contributed by atoms with Crippen LogP contribution < -0.4 is 4.90 Å². The molecule has 0 saturated carbocycles. The largest absolute Gasteiger partial charge is 0.481 e. The van der Waals surface area contributed by atoms with Crippen molar-refractivity contribution in [2.24, 2.45) is 5.92 Å². The van der Waals surface area contributed by atoms with Gasteiger partial charge in [0.25, 0.3) is 0 Å². The molecule has 1 aromatic carbocycles. The maximum atomic E-state index is 13.0. The molecule has 2 N–H and O–H groups in total. The highest BCUT2D eigenvalue weighted by molar-refractivity contribution is 6.04. The fourth-order valence-electron chi connectivity index (χ4n) is 2.02. The number of carbonyl (C=O) groups is 3. The Balaban J connectivity index is 2.40. The Hall–Kier alpha value is -2.44. The van der Waals surface area contributed by atoms with Crippen LogP contribution in [0, 0.1) is 11.7 Å². The fourth-order valence-corrected chi connectivity index (χ4v) is 2.02. The molecule has 0 bridgehead atoms. The molecule has 1 aliphatic rings. The van der Waals surface area contributed by atoms with Crippen molar-refractivity contribution in [3.63, 3.8) is 0 Å². The number of nitrogens with zero attached hydrogens (tertiary/aromatic N) is 1. The molecule has 100 valence electrons. The van der Waals surface area contributed by atoms with Gasteiger partial charge in [-0.1, -0.05) is 0 Å². The first-order chi connectivity index (χ1) is 8.90. The van der Waals surface area contributed by atoms with Gasteiger partial charge in [0.2, 0.25) is 5.91 Å². The summed E-state index contributed by atoms with van der Waals surface area (Å²) >= 11 is 0. The van der Waals surface area contributed by atoms with Crippen LogP contribution in [0.3, 0.4) is 0 Å². The van der Waals surface area contributed by atoms with Crippen LogP contribution in [0.15, 0.2) is 18.2 Å². The maximum Gasteiger partial charge on any atom is 0.337 e. The molecule has 1 fully saturated rings. The zero-order valence-corrected chi connectivity index (χ0v) is 9.67. The van der Waals surface area contributed by atoms with Crippen LogP contribution in [0.4, 0.5) is 10.1 Å². The standard InChI is InChI=1S/C12H10FNO5/c13-7-1-2-9(8(4-7)12(18)19)14-5-6(11(16)17)3-10(14)15/h1-2,4,6H,3,5H2,(H,16,17)(H,18,19). The highest BCUT2D eigenvalue weighted by Crippen LogP contribution is 2.28. The number of amides is 1. The number of rotatable bonds is 3. The number of anilines is 1. The average Bonchev–Trinajstić information content (AvgIpc) is 2.71. The minimum Gasteiger partial charge on any atom is -0.481 e. The lowest BCUT2D eigenvalue weighted by molar-refractivity contribution is -0.141. The van der Waals surface area contributed by atoms with E-state index in [9.17, 15) is 18.8 Å². The van der Waals surface area contributed by atoms with E-state index < -0.39 is 29.6 Å². The van der Waals surface area contributed by atoms with E-state index in [1.54, 1.807) is 0 Å². The van der Waals surface area contributed by atoms with Gasteiger partial charge in [0.1, 0.15) is 5.82 Å². The van der Waals surface area contributed by atoms with Crippen LogP contribution in [0.2, 0.25) is 0 Å². The summed E-state index contributed by atoms with van der Waals surface area (Å²) in [5.74, 6) is -4.58. The first-order valence-corrected chi connectivity index (χ1v) is 5.46. The van der Waals surface area contributed by atoms with Crippen molar-refractivity contribution in [1.29, 1.82) is 0 Å². The molecule has 19 heavy (non-hydrogen) atoms. The van der Waals surface area contributed by atoms with Gasteiger partial charge in [0.05, 0.1) is 17.2 Å². The van der Waals surface area contributed by atoms with Crippen molar-refractivity contribution in [3.8, 4) is 0 Å². The number of halogens is 1. The van der Waals surface area contributed by atoms with Gasteiger partial charge in [-0.05, 0) is 18.2 Å². The number of carboxylic acids is 2. The molecular weight excluding hydrogens is 257 g/mol. The molecule has 0 radical (unpaired) electrons. The minimum atomic E-state index is -1.37. The van der Waals surface area contributed by atoms with Crippen LogP contribution >= 0.6 is 0 Å². The lowest BCUT2D eigenvalue weighted by Crippen LogP contribution is -2.27. The van der Waals surface area contributed by atoms with E-state index in [2.05, 4.69) is 0 Å². The van der Waals surface area contributed by atoms with E-state index in [-0.39, 0.29) is 24.2 Å². The molecule has 2 rings (SSSR count). The van der Waals surface area contributed by atoms with Crippen molar-refractivity contribution < 1.29 is 29.0 Å². The van der Waals surface area contributed by atoms with Crippen LogP contribution in [0.5, 0.6) is 0 Å². The number of aromatic carboxylic acids is 1. The topological polar surface area (TPSA) is 94.9 Å². The first kappa shape index (κ1) is 13.0. The summed E-state index contributed by atoms with van der Waals surface area (Å²) in [6.45, 7) is -0.111. The van der Waals surface area contributed by atoms with Gasteiger partial charge >= 0.3 is 11.9 Å². The molecule has 1 saturated heterocycles. The monoisotopic (exact) mass is 267 g/mol. The van der Waals surface area contributed by atoms with E-state index in [1.165, 1.54) is 6.07 Å². The normalized spacial score (nSPS) is 18.7. The summed E-state index contributed by atoms with van der Waals surface area (Å²) in [6.07, 6.45) is -0.189. The Labute approximate surface area is 107 Å². The number of hydrogen-bond acceptors (Lipinski definition) is 3. The van der Waals surface area contributed by atoms with Crippen molar-refractivity contribution in [2.75, 3.05) is 11.4 Å². The summed E-state index contributed by atoms with van der Waals surface area (Å²) in [6, 6.07) is 3.00. The van der Waals surface area contributed by atoms with Crippen molar-refractivity contribution in [1.82, 2.24) is 0 Å². The Morgan fingerprint density at radius 1 is 1.32 bits per heavy atom. The third-order valence-corrected chi connectivity index (χ3v) is 2.95. The molecule has 7 heteroatoms. The summed E-state index contributed by atoms with van der Waals surface area (Å²) < 4.78 is 13.0. The lowest BCUT2D eigenvalue weighted by atomic mass is 10.1. The third kappa shape index (κ3) is 2.40. The Morgan fingerprint density at radius 3 is 2.53 bits per heavy atom. The SMILES string of the molecule is O=C(O)c1cc(F)ccc1N1CC(C(=O)O)CC1=O. The van der Waals surface area contributed by atoms with Gasteiger partial charge < -0.3 is 15.1 Å². The van der Waals surface area contributed by atoms with Gasteiger partial charge in [-0.15, -0.1) is 0 Å². The van der Waals surface area contributed by atoms with Crippen LogP contribution in [-0.4, -0.2) is 34.6 Å². The molecule has 1 unspecified atom stereocenters. The molecule has 0 spiro atoms. The smallest absolute Gasteiger partial charge is 0.337 e. The number of hydrogen-bond donors (Lipinski definition) is 2. The second-order valence-electron chi connectivity index (χ2n) is 4.21. The predicted molar refractivity (Wildman–Crippen MR) is 61.5 cm³/mol. The average molecular weight is 267 g/mol. The third-order valence-electron chi connectivity index (χ3n) is 2.95. The number of carbonyl (C=O) groups excluding carboxylic acids is 1. The highest BCUT2D eigenvalue weighted by Gasteiger charge is 2.36. The molecular formula is C12H10FNO5. The van der Waals surface area contributed by atoms with Gasteiger partial charge in [0, 0.05) is 13.0 Å². The van der Waals surface area contributed by atoms with Crippen LogP contribution in [-0.2, 0) is 9.59 Å². The van der Waals surface area contributed by atoms with E-state index in [0.29, 0.717) is 0 Å². The molecule has 6 nitrogen and oxygen atoms in total. The maximum absolute atomic E-state index is 13.0. The van der Waals surface area contributed by atoms with Crippen molar-refractivity contribution in [3.05, 3.63) is 29.6 Å². The second-order valence-corrected chi connectivity index (χ2v) is 4.21. The molecule has 0 aliphatic carbocycles. The number of benzene rings is 1. The summed E-state index contributed by atoms with van der Waals surface area (Å²) in [4.78, 5) is 34.7. The predicted octanol–water partition coefficient (Wildman–Crippen LogP) is 0.961. The van der Waals surface area contributed by atoms with Crippen LogP contribution in [0.25, 0.3) is 0 Å². The fraction of sp³-hybridized carbons (Fsp3) is 0.250. The molecule has 1 heterocycles. The van der Waals surface area contributed by atoms with Gasteiger partial charge in [-0.2, -0.15) is 0 Å². The minimum absolute atomic E-state index is 0.0163. The first-order valence-electron chi connectivity index (χ1n) is 5.46. The van der Waals surface area contributed by atoms with Crippen LogP contribution in [0.1, 0.15) is 16.8 Å². The number of carboxylic acid groups (broad SMARTS) is 2. The van der Waals surface area contributed by atoms with Gasteiger partial charge in [-0.3, -0.25) is 9.59 Å². The van der Waals surface area contributed by atoms with Gasteiger partial charge in [-0.25, -0.2) is 9.18 Å². The molecule has 0 aromatic heterocycles. The lowest BCUT2D eigenvalue weighted by Gasteiger charge is -2.18.